The maximum Gasteiger partial charge on any atom is 0.419 e. The molecule has 0 bridgehead atoms. The Kier molecular flexibility index (Phi) is 3.12. The number of carbonyl (C=O) groups is 1. The number of pyridine rings is 1. The van der Waals surface area contributed by atoms with Crippen LogP contribution in [0.2, 0.25) is 0 Å². The van der Waals surface area contributed by atoms with E-state index in [1.54, 1.807) is 18.2 Å². The third-order valence-corrected chi connectivity index (χ3v) is 1.98. The van der Waals surface area contributed by atoms with Crippen molar-refractivity contribution in [3.8, 4) is 6.07 Å². The lowest BCUT2D eigenvalue weighted by molar-refractivity contribution is 0.140. The van der Waals surface area contributed by atoms with Crippen LogP contribution in [-0.4, -0.2) is 20.6 Å². The Morgan fingerprint density at radius 3 is 3.12 bits per heavy atom. The lowest BCUT2D eigenvalue weighted by Crippen LogP contribution is -2.12. The molecule has 2 aromatic heterocycles. The zero-order chi connectivity index (χ0) is 12.1. The normalized spacial score (nSPS) is 9.59. The van der Waals surface area contributed by atoms with Crippen molar-refractivity contribution in [2.24, 2.45) is 0 Å². The van der Waals surface area contributed by atoms with Crippen LogP contribution >= 0.6 is 0 Å². The monoisotopic (exact) mass is 228 g/mol. The van der Waals surface area contributed by atoms with Gasteiger partial charge in [0.15, 0.2) is 0 Å². The van der Waals surface area contributed by atoms with Gasteiger partial charge in [-0.1, -0.05) is 6.07 Å². The largest absolute Gasteiger partial charge is 0.442 e. The van der Waals surface area contributed by atoms with Crippen molar-refractivity contribution in [2.45, 2.75) is 6.61 Å². The van der Waals surface area contributed by atoms with Crippen LogP contribution in [0.15, 0.2) is 36.9 Å². The Bertz CT molecular complexity index is 557. The quantitative estimate of drug-likeness (QED) is 0.774. The number of rotatable bonds is 2. The molecule has 0 amide bonds. The molecule has 2 heterocycles. The van der Waals surface area contributed by atoms with Crippen LogP contribution < -0.4 is 0 Å². The minimum atomic E-state index is -0.535. The maximum absolute atomic E-state index is 11.4. The second-order valence-corrected chi connectivity index (χ2v) is 3.15. The highest BCUT2D eigenvalue weighted by Crippen LogP contribution is 2.01. The molecule has 0 aliphatic carbocycles. The summed E-state index contributed by atoms with van der Waals surface area (Å²) in [6.07, 6.45) is 3.78. The van der Waals surface area contributed by atoms with Gasteiger partial charge in [-0.15, -0.1) is 0 Å². The lowest BCUT2D eigenvalue weighted by atomic mass is 10.3. The minimum absolute atomic E-state index is 0.0204. The van der Waals surface area contributed by atoms with Crippen molar-refractivity contribution in [1.29, 1.82) is 5.26 Å². The van der Waals surface area contributed by atoms with Crippen LogP contribution in [0.5, 0.6) is 0 Å². The van der Waals surface area contributed by atoms with E-state index in [9.17, 15) is 4.79 Å². The Morgan fingerprint density at radius 2 is 2.41 bits per heavy atom. The Labute approximate surface area is 97.1 Å². The molecule has 0 aromatic carbocycles. The Morgan fingerprint density at radius 1 is 1.53 bits per heavy atom. The minimum Gasteiger partial charge on any atom is -0.442 e. The highest BCUT2D eigenvalue weighted by molar-refractivity contribution is 5.69. The van der Waals surface area contributed by atoms with Gasteiger partial charge < -0.3 is 4.74 Å². The van der Waals surface area contributed by atoms with E-state index in [0.29, 0.717) is 11.4 Å². The van der Waals surface area contributed by atoms with Gasteiger partial charge in [-0.25, -0.2) is 19.3 Å². The van der Waals surface area contributed by atoms with Crippen LogP contribution in [0.1, 0.15) is 11.4 Å². The number of nitriles is 1. The molecule has 6 nitrogen and oxygen atoms in total. The van der Waals surface area contributed by atoms with Crippen molar-refractivity contribution < 1.29 is 9.53 Å². The molecule has 0 aliphatic rings. The fraction of sp³-hybridized carbons (Fsp3) is 0.0909. The summed E-state index contributed by atoms with van der Waals surface area (Å²) in [6, 6.07) is 6.87. The molecule has 0 aliphatic heterocycles. The van der Waals surface area contributed by atoms with Gasteiger partial charge in [-0.05, 0) is 12.1 Å². The van der Waals surface area contributed by atoms with Crippen LogP contribution in [0.4, 0.5) is 4.79 Å². The van der Waals surface area contributed by atoms with Gasteiger partial charge in [-0.2, -0.15) is 5.26 Å². The van der Waals surface area contributed by atoms with Crippen LogP contribution in [0.3, 0.4) is 0 Å². The van der Waals surface area contributed by atoms with Gasteiger partial charge in [0.2, 0.25) is 0 Å². The summed E-state index contributed by atoms with van der Waals surface area (Å²) in [5.74, 6) is 0. The molecule has 0 N–H and O–H groups in total. The van der Waals surface area contributed by atoms with E-state index in [0.717, 1.165) is 0 Å². The number of aromatic nitrogens is 3. The molecule has 0 fully saturated rings. The van der Waals surface area contributed by atoms with Crippen LogP contribution in [0, 0.1) is 11.3 Å². The molecule has 0 unspecified atom stereocenters. The summed E-state index contributed by atoms with van der Waals surface area (Å²) in [4.78, 5) is 19.2. The predicted molar refractivity (Wildman–Crippen MR) is 56.8 cm³/mol. The molecule has 0 spiro atoms. The van der Waals surface area contributed by atoms with Crippen LogP contribution in [0.25, 0.3) is 0 Å². The zero-order valence-electron chi connectivity index (χ0n) is 8.78. The second kappa shape index (κ2) is 4.90. The first-order valence-corrected chi connectivity index (χ1v) is 4.81. The average Bonchev–Trinajstić information content (AvgIpc) is 2.90. The first-order valence-electron chi connectivity index (χ1n) is 4.81. The highest BCUT2D eigenvalue weighted by Gasteiger charge is 2.05. The van der Waals surface area contributed by atoms with Crippen molar-refractivity contribution in [1.82, 2.24) is 14.5 Å². The SMILES string of the molecule is N#Cc1cccc(COC(=O)n2ccnc2)n1. The molecule has 0 saturated heterocycles. The van der Waals surface area contributed by atoms with Gasteiger partial charge in [0.05, 0.1) is 5.69 Å². The molecular formula is C11H8N4O2. The fourth-order valence-electron chi connectivity index (χ4n) is 1.20. The zero-order valence-corrected chi connectivity index (χ0v) is 8.78. The standard InChI is InChI=1S/C11H8N4O2/c12-6-9-2-1-3-10(14-9)7-17-11(16)15-5-4-13-8-15/h1-5,8H,7H2. The molecule has 17 heavy (non-hydrogen) atoms. The van der Waals surface area contributed by atoms with Crippen molar-refractivity contribution in [3.63, 3.8) is 0 Å². The van der Waals surface area contributed by atoms with Crippen molar-refractivity contribution >= 4 is 6.09 Å². The van der Waals surface area contributed by atoms with Gasteiger partial charge >= 0.3 is 6.09 Å². The van der Waals surface area contributed by atoms with E-state index in [4.69, 9.17) is 10.00 Å². The number of carbonyl (C=O) groups excluding carboxylic acids is 1. The van der Waals surface area contributed by atoms with Crippen molar-refractivity contribution in [2.75, 3.05) is 0 Å². The van der Waals surface area contributed by atoms with Crippen LogP contribution in [-0.2, 0) is 11.3 Å². The van der Waals surface area contributed by atoms with E-state index in [2.05, 4.69) is 9.97 Å². The molecule has 0 atom stereocenters. The molecule has 84 valence electrons. The smallest absolute Gasteiger partial charge is 0.419 e. The number of ether oxygens (including phenoxy) is 1. The predicted octanol–water partition coefficient (Wildman–Crippen LogP) is 1.33. The average molecular weight is 228 g/mol. The molecule has 0 radical (unpaired) electrons. The Balaban J connectivity index is 1.98. The lowest BCUT2D eigenvalue weighted by Gasteiger charge is -2.04. The first kappa shape index (κ1) is 10.8. The number of hydrogen-bond acceptors (Lipinski definition) is 5. The van der Waals surface area contributed by atoms with E-state index >= 15 is 0 Å². The molecule has 0 saturated carbocycles. The maximum atomic E-state index is 11.4. The van der Waals surface area contributed by atoms with E-state index in [-0.39, 0.29) is 6.61 Å². The van der Waals surface area contributed by atoms with Gasteiger partial charge in [-0.3, -0.25) is 0 Å². The summed E-state index contributed by atoms with van der Waals surface area (Å²) in [5, 5.41) is 8.66. The van der Waals surface area contributed by atoms with Gasteiger partial charge in [0, 0.05) is 12.4 Å². The number of hydrogen-bond donors (Lipinski definition) is 0. The summed E-state index contributed by atoms with van der Waals surface area (Å²) in [7, 11) is 0. The van der Waals surface area contributed by atoms with Gasteiger partial charge in [0.1, 0.15) is 24.7 Å². The molecule has 2 aromatic rings. The van der Waals surface area contributed by atoms with E-state index in [1.807, 2.05) is 6.07 Å². The first-order chi connectivity index (χ1) is 8.29. The van der Waals surface area contributed by atoms with E-state index in [1.165, 1.54) is 23.3 Å². The summed E-state index contributed by atoms with van der Waals surface area (Å²) < 4.78 is 6.20. The molecular weight excluding hydrogens is 220 g/mol. The third-order valence-electron chi connectivity index (χ3n) is 1.98. The number of nitrogens with zero attached hydrogens (tertiary/aromatic N) is 4. The van der Waals surface area contributed by atoms with E-state index < -0.39 is 6.09 Å². The number of imidazole rings is 1. The second-order valence-electron chi connectivity index (χ2n) is 3.15. The molecule has 2 rings (SSSR count). The fourth-order valence-corrected chi connectivity index (χ4v) is 1.20. The highest BCUT2D eigenvalue weighted by atomic mass is 16.5. The van der Waals surface area contributed by atoms with Gasteiger partial charge in [0.25, 0.3) is 0 Å². The molecule has 6 heteroatoms. The summed E-state index contributed by atoms with van der Waals surface area (Å²) in [5.41, 5.74) is 0.818. The Hall–Kier alpha value is -2.68. The third kappa shape index (κ3) is 2.66. The summed E-state index contributed by atoms with van der Waals surface area (Å²) >= 11 is 0. The topological polar surface area (TPSA) is 80.8 Å². The summed E-state index contributed by atoms with van der Waals surface area (Å²) in [6.45, 7) is 0.0204. The van der Waals surface area contributed by atoms with Crippen molar-refractivity contribution in [3.05, 3.63) is 48.3 Å².